The summed E-state index contributed by atoms with van der Waals surface area (Å²) < 4.78 is 18.6. The topological polar surface area (TPSA) is 35.0 Å². The molecule has 6 heteroatoms. The zero-order valence-corrected chi connectivity index (χ0v) is 9.18. The van der Waals surface area contributed by atoms with Crippen molar-refractivity contribution >= 4 is 27.3 Å². The molecular formula is C8H4BrFN2OS. The zero-order valence-electron chi connectivity index (χ0n) is 6.78. The van der Waals surface area contributed by atoms with Gasteiger partial charge in [0.2, 0.25) is 0 Å². The van der Waals surface area contributed by atoms with Gasteiger partial charge >= 0.3 is 0 Å². The van der Waals surface area contributed by atoms with E-state index in [2.05, 4.69) is 26.1 Å². The normalized spacial score (nSPS) is 10.1. The molecule has 0 fully saturated rings. The number of benzene rings is 1. The van der Waals surface area contributed by atoms with Crippen molar-refractivity contribution in [3.05, 3.63) is 34.0 Å². The van der Waals surface area contributed by atoms with E-state index in [9.17, 15) is 4.39 Å². The summed E-state index contributed by atoms with van der Waals surface area (Å²) in [6, 6.07) is 4.18. The molecule has 14 heavy (non-hydrogen) atoms. The first kappa shape index (κ1) is 9.54. The van der Waals surface area contributed by atoms with Crippen LogP contribution in [0.4, 0.5) is 4.39 Å². The van der Waals surface area contributed by atoms with Gasteiger partial charge in [-0.15, -0.1) is 5.10 Å². The fourth-order valence-corrected chi connectivity index (χ4v) is 1.71. The van der Waals surface area contributed by atoms with E-state index in [1.807, 2.05) is 0 Å². The molecule has 0 saturated carbocycles. The summed E-state index contributed by atoms with van der Waals surface area (Å²) in [5, 5.41) is 7.75. The van der Waals surface area contributed by atoms with Gasteiger partial charge in [-0.25, -0.2) is 4.39 Å². The van der Waals surface area contributed by atoms with Gasteiger partial charge in [-0.05, 0) is 34.1 Å². The molecular weight excluding hydrogens is 271 g/mol. The van der Waals surface area contributed by atoms with Crippen LogP contribution in [0.3, 0.4) is 0 Å². The maximum atomic E-state index is 12.7. The lowest BCUT2D eigenvalue weighted by atomic mass is 10.3. The lowest BCUT2D eigenvalue weighted by Gasteiger charge is -2.02. The summed E-state index contributed by atoms with van der Waals surface area (Å²) in [5.74, 6) is 0.199. The summed E-state index contributed by atoms with van der Waals surface area (Å²) in [4.78, 5) is 0. The molecule has 0 aliphatic heterocycles. The summed E-state index contributed by atoms with van der Waals surface area (Å²) in [5.41, 5.74) is 1.56. The molecule has 0 unspecified atom stereocenters. The maximum absolute atomic E-state index is 12.7. The Balaban J connectivity index is 2.25. The van der Waals surface area contributed by atoms with E-state index in [1.165, 1.54) is 29.5 Å². The largest absolute Gasteiger partial charge is 0.429 e. The quantitative estimate of drug-likeness (QED) is 0.844. The Morgan fingerprint density at radius 3 is 2.93 bits per heavy atom. The second-order valence-corrected chi connectivity index (χ2v) is 4.03. The van der Waals surface area contributed by atoms with E-state index in [4.69, 9.17) is 4.74 Å². The Morgan fingerprint density at radius 2 is 2.29 bits per heavy atom. The van der Waals surface area contributed by atoms with Crippen LogP contribution in [0.15, 0.2) is 28.2 Å². The highest BCUT2D eigenvalue weighted by Gasteiger charge is 2.05. The molecule has 0 N–H and O–H groups in total. The van der Waals surface area contributed by atoms with Gasteiger partial charge in [0.1, 0.15) is 17.1 Å². The van der Waals surface area contributed by atoms with Gasteiger partial charge in [0, 0.05) is 0 Å². The van der Waals surface area contributed by atoms with Crippen molar-refractivity contribution in [3.8, 4) is 10.9 Å². The predicted molar refractivity (Wildman–Crippen MR) is 54.1 cm³/mol. The molecule has 1 aromatic heterocycles. The van der Waals surface area contributed by atoms with Crippen molar-refractivity contribution in [3.63, 3.8) is 0 Å². The van der Waals surface area contributed by atoms with Crippen molar-refractivity contribution in [1.29, 1.82) is 0 Å². The van der Waals surface area contributed by atoms with Gasteiger partial charge in [-0.1, -0.05) is 16.4 Å². The SMILES string of the molecule is Fc1ccc(Oc2nncs2)c(Br)c1. The third-order valence-electron chi connectivity index (χ3n) is 1.43. The molecule has 0 spiro atoms. The van der Waals surface area contributed by atoms with Gasteiger partial charge in [0.25, 0.3) is 5.19 Å². The predicted octanol–water partition coefficient (Wildman–Crippen LogP) is 3.23. The Kier molecular flexibility index (Phi) is 2.74. The summed E-state index contributed by atoms with van der Waals surface area (Å²) in [6.45, 7) is 0. The van der Waals surface area contributed by atoms with E-state index >= 15 is 0 Å². The fraction of sp³-hybridized carbons (Fsp3) is 0. The molecule has 0 amide bonds. The van der Waals surface area contributed by atoms with Gasteiger partial charge in [0.15, 0.2) is 0 Å². The van der Waals surface area contributed by atoms with Gasteiger partial charge in [-0.2, -0.15) is 0 Å². The first-order valence-electron chi connectivity index (χ1n) is 3.65. The molecule has 1 heterocycles. The number of rotatable bonds is 2. The molecule has 72 valence electrons. The smallest absolute Gasteiger partial charge is 0.299 e. The van der Waals surface area contributed by atoms with Crippen molar-refractivity contribution < 1.29 is 9.13 Å². The number of hydrogen-bond acceptors (Lipinski definition) is 4. The van der Waals surface area contributed by atoms with Crippen LogP contribution in [-0.2, 0) is 0 Å². The standard InChI is InChI=1S/C8H4BrFN2OS/c9-6-3-5(10)1-2-7(6)13-8-12-11-4-14-8/h1-4H. The molecule has 0 aliphatic rings. The van der Waals surface area contributed by atoms with Crippen LogP contribution in [0.25, 0.3) is 0 Å². The number of aromatic nitrogens is 2. The molecule has 2 rings (SSSR count). The average Bonchev–Trinajstić information content (AvgIpc) is 2.62. The Bertz CT molecular complexity index is 435. The van der Waals surface area contributed by atoms with Crippen molar-refractivity contribution in [2.75, 3.05) is 0 Å². The number of halogens is 2. The first-order chi connectivity index (χ1) is 6.75. The summed E-state index contributed by atoms with van der Waals surface area (Å²) in [6.07, 6.45) is 0. The van der Waals surface area contributed by atoms with E-state index < -0.39 is 0 Å². The number of hydrogen-bond donors (Lipinski definition) is 0. The van der Waals surface area contributed by atoms with Crippen molar-refractivity contribution in [1.82, 2.24) is 10.2 Å². The third kappa shape index (κ3) is 2.08. The van der Waals surface area contributed by atoms with E-state index in [0.29, 0.717) is 15.4 Å². The highest BCUT2D eigenvalue weighted by Crippen LogP contribution is 2.30. The summed E-state index contributed by atoms with van der Waals surface area (Å²) in [7, 11) is 0. The zero-order chi connectivity index (χ0) is 9.97. The molecule has 0 bridgehead atoms. The fourth-order valence-electron chi connectivity index (χ4n) is 0.859. The Labute approximate surface area is 91.7 Å². The van der Waals surface area contributed by atoms with Crippen LogP contribution in [0, 0.1) is 5.82 Å². The minimum atomic E-state index is -0.318. The minimum Gasteiger partial charge on any atom is -0.429 e. The van der Waals surface area contributed by atoms with Crippen molar-refractivity contribution in [2.24, 2.45) is 0 Å². The van der Waals surface area contributed by atoms with Crippen LogP contribution in [0.1, 0.15) is 0 Å². The molecule has 0 atom stereocenters. The van der Waals surface area contributed by atoms with Crippen LogP contribution < -0.4 is 4.74 Å². The van der Waals surface area contributed by atoms with Crippen LogP contribution in [0.2, 0.25) is 0 Å². The molecule has 0 radical (unpaired) electrons. The maximum Gasteiger partial charge on any atom is 0.299 e. The van der Waals surface area contributed by atoms with E-state index in [0.717, 1.165) is 0 Å². The van der Waals surface area contributed by atoms with E-state index in [1.54, 1.807) is 5.51 Å². The molecule has 1 aromatic carbocycles. The minimum absolute atomic E-state index is 0.318. The second kappa shape index (κ2) is 4.02. The van der Waals surface area contributed by atoms with E-state index in [-0.39, 0.29) is 5.82 Å². The van der Waals surface area contributed by atoms with Gasteiger partial charge < -0.3 is 4.74 Å². The summed E-state index contributed by atoms with van der Waals surface area (Å²) >= 11 is 4.46. The molecule has 2 aromatic rings. The lowest BCUT2D eigenvalue weighted by molar-refractivity contribution is 0.468. The van der Waals surface area contributed by atoms with Crippen LogP contribution in [0.5, 0.6) is 10.9 Å². The number of ether oxygens (including phenoxy) is 1. The first-order valence-corrected chi connectivity index (χ1v) is 5.32. The van der Waals surface area contributed by atoms with Gasteiger partial charge in [-0.3, -0.25) is 0 Å². The monoisotopic (exact) mass is 274 g/mol. The molecule has 0 saturated heterocycles. The third-order valence-corrected chi connectivity index (χ3v) is 2.62. The average molecular weight is 275 g/mol. The van der Waals surface area contributed by atoms with Crippen LogP contribution in [-0.4, -0.2) is 10.2 Å². The molecule has 3 nitrogen and oxygen atoms in total. The Hall–Kier alpha value is -1.01. The lowest BCUT2D eigenvalue weighted by Crippen LogP contribution is -1.85. The van der Waals surface area contributed by atoms with Crippen LogP contribution >= 0.6 is 27.3 Å². The Morgan fingerprint density at radius 1 is 1.43 bits per heavy atom. The number of nitrogens with zero attached hydrogens (tertiary/aromatic N) is 2. The van der Waals surface area contributed by atoms with Gasteiger partial charge in [0.05, 0.1) is 4.47 Å². The second-order valence-electron chi connectivity index (χ2n) is 2.38. The highest BCUT2D eigenvalue weighted by molar-refractivity contribution is 9.10. The highest BCUT2D eigenvalue weighted by atomic mass is 79.9. The van der Waals surface area contributed by atoms with Crippen molar-refractivity contribution in [2.45, 2.75) is 0 Å². The molecule has 0 aliphatic carbocycles.